The van der Waals surface area contributed by atoms with Crippen LogP contribution in [0.15, 0.2) is 36.5 Å². The summed E-state index contributed by atoms with van der Waals surface area (Å²) >= 11 is 5.60. The number of halogens is 5. The molecule has 0 atom stereocenters. The summed E-state index contributed by atoms with van der Waals surface area (Å²) in [5.74, 6) is -1.38. The largest absolute Gasteiger partial charge is 0.484 e. The van der Waals surface area contributed by atoms with Crippen molar-refractivity contribution in [3.05, 3.63) is 58.6 Å². The van der Waals surface area contributed by atoms with Gasteiger partial charge in [-0.2, -0.15) is 13.2 Å². The summed E-state index contributed by atoms with van der Waals surface area (Å²) < 4.78 is 57.0. The number of carbonyl (C=O) groups excluding carboxylic acids is 2. The SMILES string of the molecule is O=C(COc1ccc(Cl)c(F)c1)NC1CCC(C(=O)NCc2cc(C(F)(F)F)ccn2)CC1. The van der Waals surface area contributed by atoms with E-state index >= 15 is 0 Å². The molecule has 0 radical (unpaired) electrons. The number of aromatic nitrogens is 1. The average molecular weight is 488 g/mol. The monoisotopic (exact) mass is 487 g/mol. The number of hydrogen-bond donors (Lipinski definition) is 2. The standard InChI is InChI=1S/C22H22ClF4N3O3/c23-18-6-5-17(10-19(18)24)33-12-20(31)30-15-3-1-13(2-4-15)21(32)29-11-16-9-14(7-8-28-16)22(25,26)27/h5-10,13,15H,1-4,11-12H2,(H,29,32)(H,30,31). The van der Waals surface area contributed by atoms with E-state index in [1.165, 1.54) is 12.1 Å². The molecule has 0 saturated heterocycles. The summed E-state index contributed by atoms with van der Waals surface area (Å²) in [6.45, 7) is -0.381. The van der Waals surface area contributed by atoms with Gasteiger partial charge in [0.1, 0.15) is 11.6 Å². The molecule has 3 rings (SSSR count). The lowest BCUT2D eigenvalue weighted by molar-refractivity contribution is -0.137. The van der Waals surface area contributed by atoms with Crippen LogP contribution in [0.2, 0.25) is 5.02 Å². The maximum absolute atomic E-state index is 13.4. The van der Waals surface area contributed by atoms with E-state index in [1.807, 2.05) is 0 Å². The van der Waals surface area contributed by atoms with Crippen LogP contribution >= 0.6 is 11.6 Å². The van der Waals surface area contributed by atoms with Crippen molar-refractivity contribution in [2.75, 3.05) is 6.61 Å². The number of carbonyl (C=O) groups is 2. The lowest BCUT2D eigenvalue weighted by Gasteiger charge is -2.28. The van der Waals surface area contributed by atoms with Crippen LogP contribution in [0.5, 0.6) is 5.75 Å². The zero-order chi connectivity index (χ0) is 24.0. The molecule has 1 aliphatic carbocycles. The van der Waals surface area contributed by atoms with E-state index in [0.29, 0.717) is 25.7 Å². The Morgan fingerprint density at radius 2 is 1.85 bits per heavy atom. The minimum Gasteiger partial charge on any atom is -0.484 e. The van der Waals surface area contributed by atoms with Crippen LogP contribution < -0.4 is 15.4 Å². The molecule has 1 saturated carbocycles. The van der Waals surface area contributed by atoms with Gasteiger partial charge in [-0.05, 0) is 49.9 Å². The molecule has 1 aromatic carbocycles. The molecule has 1 fully saturated rings. The highest BCUT2D eigenvalue weighted by Gasteiger charge is 2.31. The van der Waals surface area contributed by atoms with Crippen LogP contribution in [0.25, 0.3) is 0 Å². The maximum Gasteiger partial charge on any atom is 0.416 e. The molecule has 0 unspecified atom stereocenters. The number of nitrogens with one attached hydrogen (secondary N) is 2. The zero-order valence-corrected chi connectivity index (χ0v) is 18.2. The van der Waals surface area contributed by atoms with Gasteiger partial charge < -0.3 is 15.4 Å². The molecular weight excluding hydrogens is 466 g/mol. The number of amides is 2. The first kappa shape index (κ1) is 24.8. The van der Waals surface area contributed by atoms with Crippen molar-refractivity contribution in [2.24, 2.45) is 5.92 Å². The third kappa shape index (κ3) is 7.31. The molecule has 2 N–H and O–H groups in total. The van der Waals surface area contributed by atoms with Gasteiger partial charge in [0.25, 0.3) is 5.91 Å². The predicted octanol–water partition coefficient (Wildman–Crippen LogP) is 4.26. The van der Waals surface area contributed by atoms with Crippen molar-refractivity contribution in [3.63, 3.8) is 0 Å². The van der Waals surface area contributed by atoms with Gasteiger partial charge in [0.2, 0.25) is 5.91 Å². The Bertz CT molecular complexity index is 995. The minimum absolute atomic E-state index is 0.0429. The number of benzene rings is 1. The Labute approximate surface area is 192 Å². The highest BCUT2D eigenvalue weighted by atomic mass is 35.5. The fourth-order valence-corrected chi connectivity index (χ4v) is 3.68. The molecule has 11 heteroatoms. The molecular formula is C22H22ClF4N3O3. The molecule has 33 heavy (non-hydrogen) atoms. The molecule has 0 aliphatic heterocycles. The molecule has 1 aromatic heterocycles. The van der Waals surface area contributed by atoms with Crippen molar-refractivity contribution in [3.8, 4) is 5.75 Å². The van der Waals surface area contributed by atoms with E-state index in [1.54, 1.807) is 0 Å². The highest BCUT2D eigenvalue weighted by Crippen LogP contribution is 2.29. The summed E-state index contributed by atoms with van der Waals surface area (Å²) in [7, 11) is 0. The molecule has 2 amide bonds. The molecule has 1 aliphatic rings. The highest BCUT2D eigenvalue weighted by molar-refractivity contribution is 6.30. The molecule has 0 bridgehead atoms. The third-order valence-corrected chi connectivity index (χ3v) is 5.62. The van der Waals surface area contributed by atoms with Gasteiger partial charge in [-0.1, -0.05) is 11.6 Å². The Kier molecular flexibility index (Phi) is 8.12. The summed E-state index contributed by atoms with van der Waals surface area (Å²) in [5, 5.41) is 5.41. The summed E-state index contributed by atoms with van der Waals surface area (Å²) in [4.78, 5) is 28.3. The van der Waals surface area contributed by atoms with Gasteiger partial charge in [0, 0.05) is 24.2 Å². The third-order valence-electron chi connectivity index (χ3n) is 5.31. The second-order valence-electron chi connectivity index (χ2n) is 7.73. The maximum atomic E-state index is 13.4. The number of ether oxygens (including phenoxy) is 1. The summed E-state index contributed by atoms with van der Waals surface area (Å²) in [6.07, 6.45) is -1.22. The molecule has 2 aromatic rings. The van der Waals surface area contributed by atoms with Gasteiger partial charge in [-0.3, -0.25) is 14.6 Å². The Balaban J connectivity index is 1.38. The predicted molar refractivity (Wildman–Crippen MR) is 112 cm³/mol. The Hall–Kier alpha value is -2.88. The second kappa shape index (κ2) is 10.8. The van der Waals surface area contributed by atoms with E-state index in [9.17, 15) is 27.2 Å². The van der Waals surface area contributed by atoms with Crippen LogP contribution in [0, 0.1) is 11.7 Å². The van der Waals surface area contributed by atoms with Crippen LogP contribution in [0.1, 0.15) is 36.9 Å². The molecule has 6 nitrogen and oxygen atoms in total. The average Bonchev–Trinajstić information content (AvgIpc) is 2.78. The topological polar surface area (TPSA) is 80.3 Å². The van der Waals surface area contributed by atoms with Crippen molar-refractivity contribution in [1.82, 2.24) is 15.6 Å². The van der Waals surface area contributed by atoms with Crippen LogP contribution in [-0.4, -0.2) is 29.4 Å². The summed E-state index contributed by atoms with van der Waals surface area (Å²) in [6, 6.07) is 5.54. The lowest BCUT2D eigenvalue weighted by Crippen LogP contribution is -2.42. The lowest BCUT2D eigenvalue weighted by atomic mass is 9.85. The fraction of sp³-hybridized carbons (Fsp3) is 0.409. The number of alkyl halides is 3. The second-order valence-corrected chi connectivity index (χ2v) is 8.14. The minimum atomic E-state index is -4.47. The van der Waals surface area contributed by atoms with Gasteiger partial charge in [-0.25, -0.2) is 4.39 Å². The first-order chi connectivity index (χ1) is 15.6. The fourth-order valence-electron chi connectivity index (χ4n) is 3.56. The first-order valence-electron chi connectivity index (χ1n) is 10.3. The molecule has 0 spiro atoms. The van der Waals surface area contributed by atoms with Crippen LogP contribution in [0.4, 0.5) is 17.6 Å². The van der Waals surface area contributed by atoms with Gasteiger partial charge in [0.05, 0.1) is 22.8 Å². The zero-order valence-electron chi connectivity index (χ0n) is 17.4. The summed E-state index contributed by atoms with van der Waals surface area (Å²) in [5.41, 5.74) is -0.692. The van der Waals surface area contributed by atoms with E-state index < -0.39 is 17.6 Å². The van der Waals surface area contributed by atoms with E-state index in [-0.39, 0.29) is 53.4 Å². The number of rotatable bonds is 7. The van der Waals surface area contributed by atoms with E-state index in [2.05, 4.69) is 15.6 Å². The van der Waals surface area contributed by atoms with Crippen molar-refractivity contribution < 1.29 is 31.9 Å². The van der Waals surface area contributed by atoms with Crippen molar-refractivity contribution >= 4 is 23.4 Å². The number of nitrogens with zero attached hydrogens (tertiary/aromatic N) is 1. The first-order valence-corrected chi connectivity index (χ1v) is 10.7. The van der Waals surface area contributed by atoms with Gasteiger partial charge >= 0.3 is 6.18 Å². The van der Waals surface area contributed by atoms with Gasteiger partial charge in [0.15, 0.2) is 6.61 Å². The smallest absolute Gasteiger partial charge is 0.416 e. The van der Waals surface area contributed by atoms with Gasteiger partial charge in [-0.15, -0.1) is 0 Å². The molecule has 178 valence electrons. The Morgan fingerprint density at radius 3 is 2.52 bits per heavy atom. The van der Waals surface area contributed by atoms with Crippen LogP contribution in [-0.2, 0) is 22.3 Å². The molecule has 1 heterocycles. The number of hydrogen-bond acceptors (Lipinski definition) is 4. The van der Waals surface area contributed by atoms with Crippen molar-refractivity contribution in [2.45, 2.75) is 44.4 Å². The van der Waals surface area contributed by atoms with Crippen LogP contribution in [0.3, 0.4) is 0 Å². The number of pyridine rings is 1. The van der Waals surface area contributed by atoms with E-state index in [0.717, 1.165) is 24.4 Å². The quantitative estimate of drug-likeness (QED) is 0.572. The van der Waals surface area contributed by atoms with E-state index in [4.69, 9.17) is 16.3 Å². The normalized spacial score (nSPS) is 18.5. The Morgan fingerprint density at radius 1 is 1.12 bits per heavy atom. The van der Waals surface area contributed by atoms with Crippen molar-refractivity contribution in [1.29, 1.82) is 0 Å².